The quantitative estimate of drug-likeness (QED) is 0.247. The molecule has 0 amide bonds. The molecule has 166 valence electrons. The SMILES string of the molecule is CCOCCOc1cccc(C(=O)Oc2ccc(C(=O)OCCc3ccccc3)cc2)c1. The van der Waals surface area contributed by atoms with Gasteiger partial charge in [0, 0.05) is 13.0 Å². The van der Waals surface area contributed by atoms with Crippen molar-refractivity contribution < 1.29 is 28.5 Å². The van der Waals surface area contributed by atoms with Crippen LogP contribution in [0.4, 0.5) is 0 Å². The molecule has 0 radical (unpaired) electrons. The van der Waals surface area contributed by atoms with Crippen molar-refractivity contribution in [3.05, 3.63) is 95.6 Å². The summed E-state index contributed by atoms with van der Waals surface area (Å²) < 4.78 is 21.5. The molecule has 3 rings (SSSR count). The van der Waals surface area contributed by atoms with E-state index >= 15 is 0 Å². The standard InChI is InChI=1S/C26H26O6/c1-2-29-17-18-30-24-10-6-9-22(19-24)26(28)32-23-13-11-21(12-14-23)25(27)31-16-15-20-7-4-3-5-8-20/h3-14,19H,2,15-18H2,1H3. The Kier molecular flexibility index (Phi) is 8.83. The smallest absolute Gasteiger partial charge is 0.343 e. The number of carbonyl (C=O) groups excluding carboxylic acids is 2. The van der Waals surface area contributed by atoms with Gasteiger partial charge in [0.05, 0.1) is 24.3 Å². The molecule has 0 bridgehead atoms. The van der Waals surface area contributed by atoms with Gasteiger partial charge in [-0.1, -0.05) is 36.4 Å². The Morgan fingerprint density at radius 2 is 1.50 bits per heavy atom. The first-order valence-corrected chi connectivity index (χ1v) is 10.5. The molecule has 0 fully saturated rings. The lowest BCUT2D eigenvalue weighted by Crippen LogP contribution is -2.11. The van der Waals surface area contributed by atoms with Gasteiger partial charge in [-0.2, -0.15) is 0 Å². The number of carbonyl (C=O) groups is 2. The van der Waals surface area contributed by atoms with Crippen LogP contribution >= 0.6 is 0 Å². The van der Waals surface area contributed by atoms with Crippen molar-refractivity contribution in [2.45, 2.75) is 13.3 Å². The van der Waals surface area contributed by atoms with E-state index in [4.69, 9.17) is 18.9 Å². The third kappa shape index (κ3) is 7.25. The molecular formula is C26H26O6. The second-order valence-corrected chi connectivity index (χ2v) is 6.86. The maximum atomic E-state index is 12.4. The van der Waals surface area contributed by atoms with Crippen LogP contribution in [0.25, 0.3) is 0 Å². The highest BCUT2D eigenvalue weighted by atomic mass is 16.5. The summed E-state index contributed by atoms with van der Waals surface area (Å²) in [6, 6.07) is 22.8. The molecule has 6 nitrogen and oxygen atoms in total. The average Bonchev–Trinajstić information content (AvgIpc) is 2.83. The normalized spacial score (nSPS) is 10.4. The van der Waals surface area contributed by atoms with E-state index in [9.17, 15) is 9.59 Å². The van der Waals surface area contributed by atoms with Gasteiger partial charge in [0.1, 0.15) is 18.1 Å². The molecule has 3 aromatic rings. The average molecular weight is 434 g/mol. The van der Waals surface area contributed by atoms with E-state index in [1.807, 2.05) is 37.3 Å². The van der Waals surface area contributed by atoms with Gasteiger partial charge in [0.2, 0.25) is 0 Å². The fourth-order valence-electron chi connectivity index (χ4n) is 2.89. The lowest BCUT2D eigenvalue weighted by Gasteiger charge is -2.09. The Morgan fingerprint density at radius 1 is 0.719 bits per heavy atom. The minimum atomic E-state index is -0.515. The van der Waals surface area contributed by atoms with Crippen molar-refractivity contribution in [2.75, 3.05) is 26.4 Å². The van der Waals surface area contributed by atoms with Crippen LogP contribution in [0.1, 0.15) is 33.2 Å². The van der Waals surface area contributed by atoms with Crippen LogP contribution < -0.4 is 9.47 Å². The number of benzene rings is 3. The summed E-state index contributed by atoms with van der Waals surface area (Å²) in [5, 5.41) is 0. The van der Waals surface area contributed by atoms with Gasteiger partial charge >= 0.3 is 11.9 Å². The van der Waals surface area contributed by atoms with Crippen LogP contribution in [0.3, 0.4) is 0 Å². The van der Waals surface area contributed by atoms with E-state index in [-0.39, 0.29) is 0 Å². The monoisotopic (exact) mass is 434 g/mol. The third-order valence-electron chi connectivity index (χ3n) is 4.54. The molecule has 0 heterocycles. The predicted octanol–water partition coefficient (Wildman–Crippen LogP) is 4.72. The summed E-state index contributed by atoms with van der Waals surface area (Å²) >= 11 is 0. The van der Waals surface area contributed by atoms with Crippen molar-refractivity contribution in [1.82, 2.24) is 0 Å². The molecule has 6 heteroatoms. The van der Waals surface area contributed by atoms with Crippen LogP contribution in [0.15, 0.2) is 78.9 Å². The van der Waals surface area contributed by atoms with Gasteiger partial charge in [-0.25, -0.2) is 9.59 Å². The minimum absolute atomic E-state index is 0.294. The van der Waals surface area contributed by atoms with E-state index in [1.54, 1.807) is 48.5 Å². The van der Waals surface area contributed by atoms with Crippen LogP contribution in [-0.4, -0.2) is 38.4 Å². The van der Waals surface area contributed by atoms with E-state index in [2.05, 4.69) is 0 Å². The molecule has 0 aliphatic rings. The second-order valence-electron chi connectivity index (χ2n) is 6.86. The molecule has 0 N–H and O–H groups in total. The van der Waals surface area contributed by atoms with E-state index < -0.39 is 11.9 Å². The third-order valence-corrected chi connectivity index (χ3v) is 4.54. The first kappa shape index (κ1) is 23.0. The van der Waals surface area contributed by atoms with Gasteiger partial charge in [-0.15, -0.1) is 0 Å². The van der Waals surface area contributed by atoms with Gasteiger partial charge in [0.15, 0.2) is 0 Å². The van der Waals surface area contributed by atoms with Gasteiger partial charge in [-0.3, -0.25) is 0 Å². The molecule has 0 unspecified atom stereocenters. The topological polar surface area (TPSA) is 71.1 Å². The highest BCUT2D eigenvalue weighted by molar-refractivity contribution is 5.92. The summed E-state index contributed by atoms with van der Waals surface area (Å²) in [6.45, 7) is 3.71. The molecule has 3 aromatic carbocycles. The van der Waals surface area contributed by atoms with Crippen LogP contribution in [0, 0.1) is 0 Å². The Hall–Kier alpha value is -3.64. The van der Waals surface area contributed by atoms with Gasteiger partial charge in [-0.05, 0) is 55.0 Å². The summed E-state index contributed by atoms with van der Waals surface area (Å²) in [6.07, 6.45) is 0.649. The number of esters is 2. The number of ether oxygens (including phenoxy) is 4. The zero-order chi connectivity index (χ0) is 22.6. The Morgan fingerprint density at radius 3 is 2.25 bits per heavy atom. The molecule has 0 aliphatic carbocycles. The number of rotatable bonds is 11. The molecule has 0 aliphatic heterocycles. The van der Waals surface area contributed by atoms with Crippen LogP contribution in [-0.2, 0) is 15.9 Å². The lowest BCUT2D eigenvalue weighted by atomic mass is 10.2. The fourth-order valence-corrected chi connectivity index (χ4v) is 2.89. The van der Waals surface area contributed by atoms with E-state index in [1.165, 1.54) is 0 Å². The van der Waals surface area contributed by atoms with E-state index in [0.29, 0.717) is 55.5 Å². The molecule has 0 spiro atoms. The van der Waals surface area contributed by atoms with Crippen LogP contribution in [0.5, 0.6) is 11.5 Å². The largest absolute Gasteiger partial charge is 0.491 e. The summed E-state index contributed by atoms with van der Waals surface area (Å²) in [4.78, 5) is 24.6. The van der Waals surface area contributed by atoms with Crippen molar-refractivity contribution >= 4 is 11.9 Å². The maximum absolute atomic E-state index is 12.4. The molecule has 0 saturated heterocycles. The molecule has 0 atom stereocenters. The maximum Gasteiger partial charge on any atom is 0.343 e. The van der Waals surface area contributed by atoms with Gasteiger partial charge in [0.25, 0.3) is 0 Å². The predicted molar refractivity (Wildman–Crippen MR) is 120 cm³/mol. The molecular weight excluding hydrogens is 408 g/mol. The van der Waals surface area contributed by atoms with Crippen molar-refractivity contribution in [1.29, 1.82) is 0 Å². The molecule has 32 heavy (non-hydrogen) atoms. The highest BCUT2D eigenvalue weighted by Gasteiger charge is 2.12. The Labute approximate surface area is 187 Å². The highest BCUT2D eigenvalue weighted by Crippen LogP contribution is 2.18. The van der Waals surface area contributed by atoms with Crippen molar-refractivity contribution in [3.8, 4) is 11.5 Å². The first-order valence-electron chi connectivity index (χ1n) is 10.5. The molecule has 0 aromatic heterocycles. The number of hydrogen-bond acceptors (Lipinski definition) is 6. The fraction of sp³-hybridized carbons (Fsp3) is 0.231. The van der Waals surface area contributed by atoms with Crippen molar-refractivity contribution in [2.24, 2.45) is 0 Å². The Balaban J connectivity index is 1.49. The second kappa shape index (κ2) is 12.3. The minimum Gasteiger partial charge on any atom is -0.491 e. The van der Waals surface area contributed by atoms with Crippen LogP contribution in [0.2, 0.25) is 0 Å². The van der Waals surface area contributed by atoms with E-state index in [0.717, 1.165) is 5.56 Å². The summed E-state index contributed by atoms with van der Waals surface area (Å²) in [7, 11) is 0. The number of hydrogen-bond donors (Lipinski definition) is 0. The summed E-state index contributed by atoms with van der Waals surface area (Å²) in [5.74, 6) is -0.0413. The summed E-state index contributed by atoms with van der Waals surface area (Å²) in [5.41, 5.74) is 1.86. The first-order chi connectivity index (χ1) is 15.7. The van der Waals surface area contributed by atoms with Crippen molar-refractivity contribution in [3.63, 3.8) is 0 Å². The Bertz CT molecular complexity index is 998. The zero-order valence-electron chi connectivity index (χ0n) is 18.0. The zero-order valence-corrected chi connectivity index (χ0v) is 18.0. The van der Waals surface area contributed by atoms with Gasteiger partial charge < -0.3 is 18.9 Å². The lowest BCUT2D eigenvalue weighted by molar-refractivity contribution is 0.0509. The molecule has 0 saturated carbocycles.